The predicted molar refractivity (Wildman–Crippen MR) is 87.1 cm³/mol. The highest BCUT2D eigenvalue weighted by Crippen LogP contribution is 2.37. The summed E-state index contributed by atoms with van der Waals surface area (Å²) < 4.78 is 0. The van der Waals surface area contributed by atoms with Crippen LogP contribution in [0.3, 0.4) is 0 Å². The molecular formula is C17H33N3O. The van der Waals surface area contributed by atoms with Gasteiger partial charge in [-0.2, -0.15) is 0 Å². The van der Waals surface area contributed by atoms with Crippen molar-refractivity contribution < 1.29 is 4.79 Å². The van der Waals surface area contributed by atoms with Crippen LogP contribution in [0.5, 0.6) is 0 Å². The van der Waals surface area contributed by atoms with Crippen molar-refractivity contribution in [2.24, 2.45) is 11.1 Å². The van der Waals surface area contributed by atoms with Crippen LogP contribution in [0.2, 0.25) is 0 Å². The maximum atomic E-state index is 13.3. The quantitative estimate of drug-likeness (QED) is 0.812. The van der Waals surface area contributed by atoms with Crippen molar-refractivity contribution >= 4 is 5.91 Å². The number of carbonyl (C=O) groups excluding carboxylic acids is 1. The summed E-state index contributed by atoms with van der Waals surface area (Å²) in [6.07, 6.45) is 8.94. The van der Waals surface area contributed by atoms with Crippen LogP contribution in [0.15, 0.2) is 0 Å². The van der Waals surface area contributed by atoms with Crippen molar-refractivity contribution in [2.45, 2.75) is 64.3 Å². The van der Waals surface area contributed by atoms with E-state index in [2.05, 4.69) is 23.8 Å². The number of carbonyl (C=O) groups is 1. The second-order valence-corrected chi connectivity index (χ2v) is 7.08. The number of rotatable bonds is 3. The summed E-state index contributed by atoms with van der Waals surface area (Å²) in [7, 11) is 2.17. The number of hydrogen-bond donors (Lipinski definition) is 1. The maximum Gasteiger partial charge on any atom is 0.230 e. The summed E-state index contributed by atoms with van der Waals surface area (Å²) in [5.41, 5.74) is 5.84. The van der Waals surface area contributed by atoms with Crippen LogP contribution in [0.4, 0.5) is 0 Å². The highest BCUT2D eigenvalue weighted by Gasteiger charge is 2.42. The molecule has 0 aromatic carbocycles. The predicted octanol–water partition coefficient (Wildman–Crippen LogP) is 2.23. The van der Waals surface area contributed by atoms with Crippen molar-refractivity contribution in [3.05, 3.63) is 0 Å². The average Bonchev–Trinajstić information content (AvgIpc) is 2.85. The summed E-state index contributed by atoms with van der Waals surface area (Å²) in [5, 5.41) is 0. The molecular weight excluding hydrogens is 262 g/mol. The minimum atomic E-state index is -0.271. The van der Waals surface area contributed by atoms with Gasteiger partial charge in [-0.05, 0) is 39.3 Å². The lowest BCUT2D eigenvalue weighted by Crippen LogP contribution is -2.52. The van der Waals surface area contributed by atoms with Crippen LogP contribution >= 0.6 is 0 Å². The van der Waals surface area contributed by atoms with Crippen LogP contribution in [0.1, 0.15) is 58.3 Å². The van der Waals surface area contributed by atoms with Gasteiger partial charge in [0.25, 0.3) is 0 Å². The van der Waals surface area contributed by atoms with Crippen molar-refractivity contribution in [2.75, 3.05) is 33.2 Å². The molecule has 2 N–H and O–H groups in total. The molecule has 4 nitrogen and oxygen atoms in total. The molecule has 1 amide bonds. The first-order valence-corrected chi connectivity index (χ1v) is 8.82. The van der Waals surface area contributed by atoms with Crippen LogP contribution < -0.4 is 5.73 Å². The monoisotopic (exact) mass is 295 g/mol. The Morgan fingerprint density at radius 1 is 1.14 bits per heavy atom. The summed E-state index contributed by atoms with van der Waals surface area (Å²) in [6.45, 7) is 5.73. The van der Waals surface area contributed by atoms with Crippen LogP contribution in [0, 0.1) is 5.41 Å². The number of nitrogens with two attached hydrogens (primary N) is 1. The molecule has 122 valence electrons. The Hall–Kier alpha value is -0.610. The molecule has 1 atom stereocenters. The van der Waals surface area contributed by atoms with Gasteiger partial charge in [0.15, 0.2) is 0 Å². The van der Waals surface area contributed by atoms with E-state index in [1.165, 1.54) is 12.8 Å². The second-order valence-electron chi connectivity index (χ2n) is 7.08. The average molecular weight is 295 g/mol. The molecule has 1 saturated carbocycles. The molecule has 2 rings (SSSR count). The molecule has 0 aromatic rings. The van der Waals surface area contributed by atoms with Gasteiger partial charge in [-0.3, -0.25) is 4.79 Å². The molecule has 21 heavy (non-hydrogen) atoms. The number of likely N-dealkylation sites (N-methyl/N-ethyl adjacent to an activating group) is 1. The molecule has 0 radical (unpaired) electrons. The van der Waals surface area contributed by atoms with E-state index in [0.29, 0.717) is 18.5 Å². The molecule has 0 bridgehead atoms. The third-order valence-corrected chi connectivity index (χ3v) is 5.54. The van der Waals surface area contributed by atoms with Gasteiger partial charge in [-0.15, -0.1) is 0 Å². The lowest BCUT2D eigenvalue weighted by molar-refractivity contribution is -0.145. The van der Waals surface area contributed by atoms with E-state index in [1.807, 2.05) is 0 Å². The largest absolute Gasteiger partial charge is 0.338 e. The van der Waals surface area contributed by atoms with Gasteiger partial charge >= 0.3 is 0 Å². The number of hydrogen-bond acceptors (Lipinski definition) is 3. The Kier molecular flexibility index (Phi) is 6.06. The Bertz CT molecular complexity index is 337. The Balaban J connectivity index is 2.17. The highest BCUT2D eigenvalue weighted by atomic mass is 16.2. The molecule has 1 unspecified atom stereocenters. The van der Waals surface area contributed by atoms with E-state index < -0.39 is 0 Å². The minimum Gasteiger partial charge on any atom is -0.338 e. The zero-order valence-corrected chi connectivity index (χ0v) is 13.9. The Morgan fingerprint density at radius 3 is 2.38 bits per heavy atom. The SMILES string of the molecule is CCC1CN(C)CCCN1C(=O)C1(CN)CCCCCC1. The molecule has 0 aromatic heterocycles. The van der Waals surface area contributed by atoms with E-state index in [9.17, 15) is 4.79 Å². The van der Waals surface area contributed by atoms with E-state index in [0.717, 1.165) is 58.2 Å². The van der Waals surface area contributed by atoms with Gasteiger partial charge in [0, 0.05) is 25.7 Å². The zero-order valence-electron chi connectivity index (χ0n) is 13.9. The fourth-order valence-electron chi connectivity index (χ4n) is 4.08. The standard InChI is InChI=1S/C17H33N3O/c1-3-15-13-19(2)11-8-12-20(15)16(21)17(14-18)9-6-4-5-7-10-17/h15H,3-14,18H2,1-2H3. The van der Waals surface area contributed by atoms with Crippen molar-refractivity contribution in [1.29, 1.82) is 0 Å². The second kappa shape index (κ2) is 7.59. The third-order valence-electron chi connectivity index (χ3n) is 5.54. The molecule has 0 spiro atoms. The maximum absolute atomic E-state index is 13.3. The van der Waals surface area contributed by atoms with Gasteiger partial charge < -0.3 is 15.5 Å². The fraction of sp³-hybridized carbons (Fsp3) is 0.941. The summed E-state index contributed by atoms with van der Waals surface area (Å²) in [6, 6.07) is 0.358. The summed E-state index contributed by atoms with van der Waals surface area (Å²) >= 11 is 0. The molecule has 1 heterocycles. The van der Waals surface area contributed by atoms with Crippen LogP contribution in [-0.2, 0) is 4.79 Å². The van der Waals surface area contributed by atoms with Crippen LogP contribution in [0.25, 0.3) is 0 Å². The first kappa shape index (κ1) is 16.8. The topological polar surface area (TPSA) is 49.6 Å². The van der Waals surface area contributed by atoms with E-state index >= 15 is 0 Å². The summed E-state index contributed by atoms with van der Waals surface area (Å²) in [4.78, 5) is 17.9. The lowest BCUT2D eigenvalue weighted by atomic mass is 9.78. The molecule has 1 aliphatic heterocycles. The lowest BCUT2D eigenvalue weighted by Gasteiger charge is -2.39. The van der Waals surface area contributed by atoms with Crippen molar-refractivity contribution in [1.82, 2.24) is 9.80 Å². The summed E-state index contributed by atoms with van der Waals surface area (Å²) in [5.74, 6) is 0.356. The van der Waals surface area contributed by atoms with E-state index in [1.54, 1.807) is 0 Å². The number of amides is 1. The van der Waals surface area contributed by atoms with E-state index in [-0.39, 0.29) is 5.41 Å². The number of nitrogens with zero attached hydrogens (tertiary/aromatic N) is 2. The molecule has 2 fully saturated rings. The van der Waals surface area contributed by atoms with Gasteiger partial charge in [0.1, 0.15) is 0 Å². The fourth-order valence-corrected chi connectivity index (χ4v) is 4.08. The zero-order chi connectivity index (χ0) is 15.3. The Morgan fingerprint density at radius 2 is 1.81 bits per heavy atom. The smallest absolute Gasteiger partial charge is 0.230 e. The first-order chi connectivity index (χ1) is 10.1. The molecule has 1 aliphatic carbocycles. The first-order valence-electron chi connectivity index (χ1n) is 8.82. The molecule has 1 saturated heterocycles. The van der Waals surface area contributed by atoms with Crippen molar-refractivity contribution in [3.8, 4) is 0 Å². The minimum absolute atomic E-state index is 0.271. The normalized spacial score (nSPS) is 28.0. The molecule has 2 aliphatic rings. The highest BCUT2D eigenvalue weighted by molar-refractivity contribution is 5.83. The Labute approximate surface area is 130 Å². The van der Waals surface area contributed by atoms with E-state index in [4.69, 9.17) is 5.73 Å². The van der Waals surface area contributed by atoms with Gasteiger partial charge in [0.05, 0.1) is 5.41 Å². The van der Waals surface area contributed by atoms with Gasteiger partial charge in [0.2, 0.25) is 5.91 Å². The van der Waals surface area contributed by atoms with Crippen molar-refractivity contribution in [3.63, 3.8) is 0 Å². The molecule has 4 heteroatoms. The third kappa shape index (κ3) is 3.78. The van der Waals surface area contributed by atoms with Crippen LogP contribution in [-0.4, -0.2) is 55.0 Å². The van der Waals surface area contributed by atoms with Gasteiger partial charge in [-0.25, -0.2) is 0 Å². The van der Waals surface area contributed by atoms with Gasteiger partial charge in [-0.1, -0.05) is 32.6 Å².